The molecule has 3 heterocycles. The van der Waals surface area contributed by atoms with Crippen LogP contribution in [0.3, 0.4) is 0 Å². The van der Waals surface area contributed by atoms with Gasteiger partial charge in [-0.25, -0.2) is 4.39 Å². The summed E-state index contributed by atoms with van der Waals surface area (Å²) < 4.78 is 13.7. The monoisotopic (exact) mass is 331 g/mol. The predicted octanol–water partition coefficient (Wildman–Crippen LogP) is 1.15. The van der Waals surface area contributed by atoms with Gasteiger partial charge >= 0.3 is 0 Å². The van der Waals surface area contributed by atoms with Gasteiger partial charge in [0.05, 0.1) is 0 Å². The maximum Gasteiger partial charge on any atom is 0.247 e. The van der Waals surface area contributed by atoms with Crippen LogP contribution in [0.2, 0.25) is 0 Å². The van der Waals surface area contributed by atoms with Crippen LogP contribution in [0.25, 0.3) is 0 Å². The molecule has 3 fully saturated rings. The van der Waals surface area contributed by atoms with E-state index in [2.05, 4.69) is 4.90 Å². The first-order chi connectivity index (χ1) is 11.5. The number of hydrogen-bond acceptors (Lipinski definition) is 3. The number of aryl methyl sites for hydroxylation is 1. The smallest absolute Gasteiger partial charge is 0.247 e. The van der Waals surface area contributed by atoms with Gasteiger partial charge in [-0.05, 0) is 37.0 Å². The number of carbonyl (C=O) groups excluding carboxylic acids is 2. The summed E-state index contributed by atoms with van der Waals surface area (Å²) in [5.74, 6) is -0.00928. The Morgan fingerprint density at radius 1 is 1.08 bits per heavy atom. The van der Waals surface area contributed by atoms with Crippen LogP contribution in [0.5, 0.6) is 0 Å². The molecule has 0 radical (unpaired) electrons. The van der Waals surface area contributed by atoms with Crippen molar-refractivity contribution in [1.82, 2.24) is 14.7 Å². The first-order valence-electron chi connectivity index (χ1n) is 8.63. The quantitative estimate of drug-likeness (QED) is 0.817. The number of benzene rings is 1. The molecule has 4 rings (SSSR count). The number of halogens is 1. The third kappa shape index (κ3) is 2.49. The summed E-state index contributed by atoms with van der Waals surface area (Å²) in [7, 11) is 0. The van der Waals surface area contributed by atoms with E-state index >= 15 is 0 Å². The average molecular weight is 331 g/mol. The van der Waals surface area contributed by atoms with E-state index < -0.39 is 0 Å². The zero-order valence-corrected chi connectivity index (χ0v) is 13.9. The molecule has 1 aromatic carbocycles. The molecular formula is C18H22FN3O2. The van der Waals surface area contributed by atoms with E-state index in [0.717, 1.165) is 24.9 Å². The summed E-state index contributed by atoms with van der Waals surface area (Å²) >= 11 is 0. The Hall–Kier alpha value is -1.95. The van der Waals surface area contributed by atoms with E-state index in [4.69, 9.17) is 0 Å². The van der Waals surface area contributed by atoms with Crippen LogP contribution in [-0.4, -0.2) is 64.8 Å². The Morgan fingerprint density at radius 2 is 1.83 bits per heavy atom. The van der Waals surface area contributed by atoms with Crippen molar-refractivity contribution in [1.29, 1.82) is 0 Å². The number of piperazine rings is 2. The maximum absolute atomic E-state index is 13.7. The van der Waals surface area contributed by atoms with Gasteiger partial charge < -0.3 is 9.80 Å². The highest BCUT2D eigenvalue weighted by molar-refractivity contribution is 5.97. The van der Waals surface area contributed by atoms with Gasteiger partial charge in [0.1, 0.15) is 17.9 Å². The molecule has 0 aromatic heterocycles. The molecule has 24 heavy (non-hydrogen) atoms. The van der Waals surface area contributed by atoms with Crippen molar-refractivity contribution in [3.8, 4) is 0 Å². The van der Waals surface area contributed by atoms with Crippen LogP contribution in [0.1, 0.15) is 24.0 Å². The Labute approximate surface area is 141 Å². The molecule has 3 aliphatic rings. The second-order valence-corrected chi connectivity index (χ2v) is 7.06. The van der Waals surface area contributed by atoms with Crippen molar-refractivity contribution >= 4 is 11.8 Å². The van der Waals surface area contributed by atoms with Gasteiger partial charge in [-0.1, -0.05) is 12.1 Å². The standard InChI is InChI=1S/C18H22FN3O2/c1-12-4-5-13(9-14(12)19)10-20-7-8-22-16(11-20)18(24)21-6-2-3-15(21)17(22)23/h4-5,9,15-16H,2-3,6-8,10-11H2,1H3/t15-,16-/m1/s1. The molecule has 5 nitrogen and oxygen atoms in total. The maximum atomic E-state index is 13.7. The minimum Gasteiger partial charge on any atom is -0.329 e. The Kier molecular flexibility index (Phi) is 3.79. The van der Waals surface area contributed by atoms with Gasteiger partial charge in [0.25, 0.3) is 0 Å². The molecule has 2 amide bonds. The van der Waals surface area contributed by atoms with Crippen LogP contribution >= 0.6 is 0 Å². The normalized spacial score (nSPS) is 27.4. The predicted molar refractivity (Wildman–Crippen MR) is 86.7 cm³/mol. The second-order valence-electron chi connectivity index (χ2n) is 7.06. The van der Waals surface area contributed by atoms with E-state index in [1.54, 1.807) is 28.9 Å². The zero-order valence-electron chi connectivity index (χ0n) is 13.9. The summed E-state index contributed by atoms with van der Waals surface area (Å²) in [5, 5.41) is 0. The highest BCUT2D eigenvalue weighted by Gasteiger charge is 2.49. The molecule has 1 aromatic rings. The first-order valence-corrected chi connectivity index (χ1v) is 8.63. The van der Waals surface area contributed by atoms with E-state index in [1.807, 2.05) is 6.07 Å². The highest BCUT2D eigenvalue weighted by Crippen LogP contribution is 2.29. The molecule has 0 N–H and O–H groups in total. The molecule has 3 saturated heterocycles. The number of carbonyl (C=O) groups is 2. The van der Waals surface area contributed by atoms with Crippen molar-refractivity contribution < 1.29 is 14.0 Å². The second kappa shape index (κ2) is 5.84. The fourth-order valence-electron chi connectivity index (χ4n) is 4.12. The van der Waals surface area contributed by atoms with Crippen LogP contribution in [0.15, 0.2) is 18.2 Å². The Balaban J connectivity index is 1.49. The summed E-state index contributed by atoms with van der Waals surface area (Å²) in [6.45, 7) is 4.88. The molecular weight excluding hydrogens is 309 g/mol. The SMILES string of the molecule is Cc1ccc(CN2CCN3C(=O)[C@H]4CCCN4C(=O)[C@H]3C2)cc1F. The third-order valence-corrected chi connectivity index (χ3v) is 5.50. The topological polar surface area (TPSA) is 43.9 Å². The molecule has 0 saturated carbocycles. The van der Waals surface area contributed by atoms with Gasteiger partial charge in [-0.3, -0.25) is 14.5 Å². The van der Waals surface area contributed by atoms with E-state index in [9.17, 15) is 14.0 Å². The van der Waals surface area contributed by atoms with Gasteiger partial charge in [0.2, 0.25) is 11.8 Å². The summed E-state index contributed by atoms with van der Waals surface area (Å²) in [4.78, 5) is 31.0. The largest absolute Gasteiger partial charge is 0.329 e. The number of hydrogen-bond donors (Lipinski definition) is 0. The van der Waals surface area contributed by atoms with Crippen molar-refractivity contribution in [3.63, 3.8) is 0 Å². The van der Waals surface area contributed by atoms with Gasteiger partial charge in [0.15, 0.2) is 0 Å². The summed E-state index contributed by atoms with van der Waals surface area (Å²) in [6.07, 6.45) is 1.70. The fraction of sp³-hybridized carbons (Fsp3) is 0.556. The highest BCUT2D eigenvalue weighted by atomic mass is 19.1. The molecule has 0 aliphatic carbocycles. The van der Waals surface area contributed by atoms with Gasteiger partial charge in [-0.2, -0.15) is 0 Å². The van der Waals surface area contributed by atoms with Crippen molar-refractivity contribution in [2.24, 2.45) is 0 Å². The lowest BCUT2D eigenvalue weighted by Crippen LogP contribution is -2.68. The van der Waals surface area contributed by atoms with Crippen LogP contribution < -0.4 is 0 Å². The lowest BCUT2D eigenvalue weighted by Gasteiger charge is -2.47. The number of rotatable bonds is 2. The van der Waals surface area contributed by atoms with Crippen molar-refractivity contribution in [2.45, 2.75) is 38.4 Å². The van der Waals surface area contributed by atoms with E-state index in [0.29, 0.717) is 31.7 Å². The van der Waals surface area contributed by atoms with E-state index in [-0.39, 0.29) is 29.7 Å². The van der Waals surface area contributed by atoms with Crippen LogP contribution in [0, 0.1) is 12.7 Å². The molecule has 6 heteroatoms. The number of fused-ring (bicyclic) bond motifs is 2. The zero-order chi connectivity index (χ0) is 16.8. The molecule has 0 bridgehead atoms. The molecule has 0 spiro atoms. The summed E-state index contributed by atoms with van der Waals surface area (Å²) in [5.41, 5.74) is 1.54. The first kappa shape index (κ1) is 15.6. The molecule has 3 aliphatic heterocycles. The Morgan fingerprint density at radius 3 is 2.62 bits per heavy atom. The lowest BCUT2D eigenvalue weighted by molar-refractivity contribution is -0.163. The summed E-state index contributed by atoms with van der Waals surface area (Å²) in [6, 6.07) is 4.66. The van der Waals surface area contributed by atoms with E-state index in [1.165, 1.54) is 0 Å². The molecule has 0 unspecified atom stereocenters. The molecule has 128 valence electrons. The number of nitrogens with zero attached hydrogens (tertiary/aromatic N) is 3. The van der Waals surface area contributed by atoms with Crippen molar-refractivity contribution in [3.05, 3.63) is 35.1 Å². The van der Waals surface area contributed by atoms with Crippen LogP contribution in [-0.2, 0) is 16.1 Å². The fourth-order valence-corrected chi connectivity index (χ4v) is 4.12. The minimum atomic E-state index is -0.379. The van der Waals surface area contributed by atoms with Gasteiger partial charge in [0, 0.05) is 32.7 Å². The minimum absolute atomic E-state index is 0.0805. The molecule has 2 atom stereocenters. The average Bonchev–Trinajstić information content (AvgIpc) is 3.06. The van der Waals surface area contributed by atoms with Crippen molar-refractivity contribution in [2.75, 3.05) is 26.2 Å². The Bertz CT molecular complexity index is 693. The van der Waals surface area contributed by atoms with Gasteiger partial charge in [-0.15, -0.1) is 0 Å². The number of amides is 2. The lowest BCUT2D eigenvalue weighted by atomic mass is 10.0. The van der Waals surface area contributed by atoms with Crippen LogP contribution in [0.4, 0.5) is 4.39 Å². The third-order valence-electron chi connectivity index (χ3n) is 5.50.